The first-order valence-electron chi connectivity index (χ1n) is 4.83. The molecular formula is C10H12N4. The van der Waals surface area contributed by atoms with Crippen molar-refractivity contribution in [2.24, 2.45) is 0 Å². The third-order valence-electron chi connectivity index (χ3n) is 3.03. The molecule has 0 saturated heterocycles. The normalized spacial score (nSPS) is 18.6. The summed E-state index contributed by atoms with van der Waals surface area (Å²) in [4.78, 5) is 4.36. The average Bonchev–Trinajstić information content (AvgIpc) is 2.89. The van der Waals surface area contributed by atoms with Gasteiger partial charge in [-0.25, -0.2) is 9.50 Å². The molecule has 0 atom stereocenters. The molecule has 0 amide bonds. The van der Waals surface area contributed by atoms with Gasteiger partial charge in [-0.2, -0.15) is 5.10 Å². The Labute approximate surface area is 82.0 Å². The lowest BCUT2D eigenvalue weighted by Gasteiger charge is -2.13. The van der Waals surface area contributed by atoms with Crippen molar-refractivity contribution in [1.29, 1.82) is 0 Å². The van der Waals surface area contributed by atoms with Gasteiger partial charge in [-0.3, -0.25) is 0 Å². The Morgan fingerprint density at radius 1 is 1.50 bits per heavy atom. The van der Waals surface area contributed by atoms with Crippen LogP contribution in [0.5, 0.6) is 0 Å². The van der Waals surface area contributed by atoms with Gasteiger partial charge in [-0.05, 0) is 19.9 Å². The Bertz CT molecular complexity index is 470. The summed E-state index contributed by atoms with van der Waals surface area (Å²) in [5, 5.41) is 7.53. The lowest BCUT2D eigenvalue weighted by atomic mass is 10.1. The smallest absolute Gasteiger partial charge is 0.154 e. The fourth-order valence-corrected chi connectivity index (χ4v) is 1.86. The molecule has 4 nitrogen and oxygen atoms in total. The van der Waals surface area contributed by atoms with Gasteiger partial charge in [0.2, 0.25) is 0 Å². The van der Waals surface area contributed by atoms with Gasteiger partial charge < -0.3 is 5.32 Å². The molecule has 1 fully saturated rings. The maximum atomic E-state index is 4.36. The molecule has 14 heavy (non-hydrogen) atoms. The Hall–Kier alpha value is -1.42. The third kappa shape index (κ3) is 0.974. The number of hydrogen-bond donors (Lipinski definition) is 1. The lowest BCUT2D eigenvalue weighted by molar-refractivity contribution is 0.578. The SMILES string of the molecule is CNC1(c2cnc3ccnn3c2)CC1. The van der Waals surface area contributed by atoms with Gasteiger partial charge in [-0.15, -0.1) is 0 Å². The second kappa shape index (κ2) is 2.54. The molecule has 0 unspecified atom stereocenters. The summed E-state index contributed by atoms with van der Waals surface area (Å²) in [7, 11) is 2.00. The fourth-order valence-electron chi connectivity index (χ4n) is 1.86. The second-order valence-corrected chi connectivity index (χ2v) is 3.81. The molecule has 1 aliphatic rings. The first kappa shape index (κ1) is 7.94. The van der Waals surface area contributed by atoms with Crippen LogP contribution in [0.15, 0.2) is 24.7 Å². The van der Waals surface area contributed by atoms with Crippen LogP contribution in [0, 0.1) is 0 Å². The van der Waals surface area contributed by atoms with E-state index in [1.54, 1.807) is 6.20 Å². The molecule has 0 spiro atoms. The zero-order valence-corrected chi connectivity index (χ0v) is 8.07. The van der Waals surface area contributed by atoms with E-state index < -0.39 is 0 Å². The van der Waals surface area contributed by atoms with Crippen LogP contribution in [0.3, 0.4) is 0 Å². The van der Waals surface area contributed by atoms with Crippen LogP contribution < -0.4 is 5.32 Å². The fraction of sp³-hybridized carbons (Fsp3) is 0.400. The highest BCUT2D eigenvalue weighted by atomic mass is 15.2. The van der Waals surface area contributed by atoms with E-state index >= 15 is 0 Å². The van der Waals surface area contributed by atoms with Crippen LogP contribution in [0.1, 0.15) is 18.4 Å². The predicted molar refractivity (Wildman–Crippen MR) is 53.0 cm³/mol. The topological polar surface area (TPSA) is 42.2 Å². The van der Waals surface area contributed by atoms with Crippen molar-refractivity contribution in [2.45, 2.75) is 18.4 Å². The first-order valence-corrected chi connectivity index (χ1v) is 4.83. The van der Waals surface area contributed by atoms with E-state index in [9.17, 15) is 0 Å². The van der Waals surface area contributed by atoms with E-state index in [0.29, 0.717) is 0 Å². The Kier molecular flexibility index (Phi) is 1.44. The number of nitrogens with one attached hydrogen (secondary N) is 1. The quantitative estimate of drug-likeness (QED) is 0.762. The Morgan fingerprint density at radius 3 is 3.07 bits per heavy atom. The maximum absolute atomic E-state index is 4.36. The monoisotopic (exact) mass is 188 g/mol. The van der Waals surface area contributed by atoms with Crippen molar-refractivity contribution in [3.8, 4) is 0 Å². The van der Waals surface area contributed by atoms with E-state index in [4.69, 9.17) is 0 Å². The summed E-state index contributed by atoms with van der Waals surface area (Å²) in [6, 6.07) is 1.91. The number of fused-ring (bicyclic) bond motifs is 1. The molecule has 72 valence electrons. The van der Waals surface area contributed by atoms with Crippen molar-refractivity contribution in [3.05, 3.63) is 30.2 Å². The summed E-state index contributed by atoms with van der Waals surface area (Å²) in [6.45, 7) is 0. The predicted octanol–water partition coefficient (Wildman–Crippen LogP) is 0.938. The van der Waals surface area contributed by atoms with Gasteiger partial charge in [0.15, 0.2) is 5.65 Å². The van der Waals surface area contributed by atoms with Crippen LogP contribution in [-0.2, 0) is 5.54 Å². The van der Waals surface area contributed by atoms with Crippen molar-refractivity contribution in [2.75, 3.05) is 7.05 Å². The van der Waals surface area contributed by atoms with Crippen LogP contribution in [0.2, 0.25) is 0 Å². The van der Waals surface area contributed by atoms with Crippen LogP contribution in [-0.4, -0.2) is 21.6 Å². The van der Waals surface area contributed by atoms with E-state index in [1.807, 2.05) is 23.8 Å². The van der Waals surface area contributed by atoms with Gasteiger partial charge in [0.05, 0.1) is 6.20 Å². The van der Waals surface area contributed by atoms with Crippen molar-refractivity contribution >= 4 is 5.65 Å². The molecule has 2 heterocycles. The molecule has 2 aromatic heterocycles. The van der Waals surface area contributed by atoms with Crippen LogP contribution in [0.4, 0.5) is 0 Å². The largest absolute Gasteiger partial charge is 0.310 e. The minimum atomic E-state index is 0.174. The molecule has 0 aliphatic heterocycles. The summed E-state index contributed by atoms with van der Waals surface area (Å²) >= 11 is 0. The Balaban J connectivity index is 2.13. The number of aromatic nitrogens is 3. The highest BCUT2D eigenvalue weighted by molar-refractivity contribution is 5.38. The molecular weight excluding hydrogens is 176 g/mol. The van der Waals surface area contributed by atoms with Gasteiger partial charge in [-0.1, -0.05) is 0 Å². The number of nitrogens with zero attached hydrogens (tertiary/aromatic N) is 3. The Morgan fingerprint density at radius 2 is 2.36 bits per heavy atom. The van der Waals surface area contributed by atoms with Crippen molar-refractivity contribution in [3.63, 3.8) is 0 Å². The molecule has 2 aromatic rings. The first-order chi connectivity index (χ1) is 6.84. The highest BCUT2D eigenvalue weighted by Crippen LogP contribution is 2.44. The number of rotatable bonds is 2. The van der Waals surface area contributed by atoms with Gasteiger partial charge in [0, 0.05) is 29.6 Å². The molecule has 0 bridgehead atoms. The average molecular weight is 188 g/mol. The molecule has 0 aromatic carbocycles. The number of hydrogen-bond acceptors (Lipinski definition) is 3. The standard InChI is InChI=1S/C10H12N4/c1-11-10(3-4-10)8-6-12-9-2-5-13-14(9)7-8/h2,5-7,11H,3-4H2,1H3. The van der Waals surface area contributed by atoms with Crippen molar-refractivity contribution in [1.82, 2.24) is 19.9 Å². The molecule has 1 saturated carbocycles. The summed E-state index contributed by atoms with van der Waals surface area (Å²) in [6.07, 6.45) is 8.16. The van der Waals surface area contributed by atoms with E-state index in [1.165, 1.54) is 18.4 Å². The van der Waals surface area contributed by atoms with Gasteiger partial charge in [0.25, 0.3) is 0 Å². The van der Waals surface area contributed by atoms with Crippen LogP contribution >= 0.6 is 0 Å². The highest BCUT2D eigenvalue weighted by Gasteiger charge is 2.43. The summed E-state index contributed by atoms with van der Waals surface area (Å²) in [5.41, 5.74) is 2.31. The summed E-state index contributed by atoms with van der Waals surface area (Å²) in [5.74, 6) is 0. The molecule has 1 aliphatic carbocycles. The van der Waals surface area contributed by atoms with Crippen LogP contribution in [0.25, 0.3) is 5.65 Å². The minimum absolute atomic E-state index is 0.174. The molecule has 3 rings (SSSR count). The zero-order chi connectivity index (χ0) is 9.60. The second-order valence-electron chi connectivity index (χ2n) is 3.81. The molecule has 4 heteroatoms. The summed E-state index contributed by atoms with van der Waals surface area (Å²) < 4.78 is 1.83. The van der Waals surface area contributed by atoms with Crippen molar-refractivity contribution < 1.29 is 0 Å². The lowest BCUT2D eigenvalue weighted by Crippen LogP contribution is -2.25. The van der Waals surface area contributed by atoms with E-state index in [0.717, 1.165) is 5.65 Å². The zero-order valence-electron chi connectivity index (χ0n) is 8.07. The van der Waals surface area contributed by atoms with Gasteiger partial charge in [0.1, 0.15) is 0 Å². The minimum Gasteiger partial charge on any atom is -0.310 e. The third-order valence-corrected chi connectivity index (χ3v) is 3.03. The molecule has 1 N–H and O–H groups in total. The van der Waals surface area contributed by atoms with E-state index in [-0.39, 0.29) is 5.54 Å². The molecule has 0 radical (unpaired) electrons. The maximum Gasteiger partial charge on any atom is 0.154 e. The van der Waals surface area contributed by atoms with E-state index in [2.05, 4.69) is 21.6 Å². The van der Waals surface area contributed by atoms with Gasteiger partial charge >= 0.3 is 0 Å².